The van der Waals surface area contributed by atoms with Crippen molar-refractivity contribution in [3.05, 3.63) is 94.5 Å². The van der Waals surface area contributed by atoms with Crippen LogP contribution in [0, 0.1) is 6.92 Å². The lowest BCUT2D eigenvalue weighted by Crippen LogP contribution is -2.15. The molecule has 0 unspecified atom stereocenters. The van der Waals surface area contributed by atoms with Crippen LogP contribution in [0.25, 0.3) is 0 Å². The standard InChI is InChI=1S/C21H17ClN2O2/c1-14-7-8-16(21(26)23-18-11-9-17(22)10-12-18)13-19(14)24-20(25)15-5-3-2-4-6-15/h2-13H,1H3,(H,23,26)(H,24,25). The van der Waals surface area contributed by atoms with Gasteiger partial charge in [-0.05, 0) is 61.0 Å². The van der Waals surface area contributed by atoms with E-state index in [1.807, 2.05) is 13.0 Å². The van der Waals surface area contributed by atoms with Crippen molar-refractivity contribution in [3.63, 3.8) is 0 Å². The molecule has 3 aromatic carbocycles. The molecule has 4 nitrogen and oxygen atoms in total. The van der Waals surface area contributed by atoms with Crippen LogP contribution in [0.3, 0.4) is 0 Å². The van der Waals surface area contributed by atoms with E-state index in [0.29, 0.717) is 27.5 Å². The summed E-state index contributed by atoms with van der Waals surface area (Å²) in [5.74, 6) is -0.480. The van der Waals surface area contributed by atoms with E-state index >= 15 is 0 Å². The summed E-state index contributed by atoms with van der Waals surface area (Å²) in [6, 6.07) is 21.0. The monoisotopic (exact) mass is 364 g/mol. The molecule has 5 heteroatoms. The van der Waals surface area contributed by atoms with E-state index in [-0.39, 0.29) is 11.8 Å². The topological polar surface area (TPSA) is 58.2 Å². The summed E-state index contributed by atoms with van der Waals surface area (Å²) in [7, 11) is 0. The van der Waals surface area contributed by atoms with Gasteiger partial charge in [0.05, 0.1) is 0 Å². The van der Waals surface area contributed by atoms with Gasteiger partial charge >= 0.3 is 0 Å². The zero-order valence-corrected chi connectivity index (χ0v) is 14.9. The van der Waals surface area contributed by atoms with Gasteiger partial charge in [-0.25, -0.2) is 0 Å². The van der Waals surface area contributed by atoms with Gasteiger partial charge in [-0.3, -0.25) is 9.59 Å². The van der Waals surface area contributed by atoms with Gasteiger partial charge in [0.1, 0.15) is 0 Å². The van der Waals surface area contributed by atoms with Crippen molar-refractivity contribution >= 4 is 34.8 Å². The molecule has 2 amide bonds. The average molecular weight is 365 g/mol. The summed E-state index contributed by atoms with van der Waals surface area (Å²) in [5.41, 5.74) is 3.13. The lowest BCUT2D eigenvalue weighted by atomic mass is 10.1. The highest BCUT2D eigenvalue weighted by atomic mass is 35.5. The fourth-order valence-electron chi connectivity index (χ4n) is 2.42. The number of carbonyl (C=O) groups is 2. The molecule has 2 N–H and O–H groups in total. The van der Waals surface area contributed by atoms with Crippen molar-refractivity contribution in [1.29, 1.82) is 0 Å². The molecule has 0 bridgehead atoms. The van der Waals surface area contributed by atoms with E-state index in [0.717, 1.165) is 5.56 Å². The number of benzene rings is 3. The van der Waals surface area contributed by atoms with Crippen molar-refractivity contribution in [2.75, 3.05) is 10.6 Å². The van der Waals surface area contributed by atoms with Crippen LogP contribution in [0.15, 0.2) is 72.8 Å². The molecule has 0 heterocycles. The number of halogens is 1. The summed E-state index contributed by atoms with van der Waals surface area (Å²) >= 11 is 5.85. The largest absolute Gasteiger partial charge is 0.322 e. The molecular formula is C21H17ClN2O2. The molecule has 0 atom stereocenters. The van der Waals surface area contributed by atoms with Crippen LogP contribution in [-0.2, 0) is 0 Å². The lowest BCUT2D eigenvalue weighted by Gasteiger charge is -2.11. The van der Waals surface area contributed by atoms with Crippen LogP contribution in [0.4, 0.5) is 11.4 Å². The maximum absolute atomic E-state index is 12.5. The van der Waals surface area contributed by atoms with E-state index in [9.17, 15) is 9.59 Å². The quantitative estimate of drug-likeness (QED) is 0.672. The maximum Gasteiger partial charge on any atom is 0.255 e. The number of amides is 2. The predicted octanol–water partition coefficient (Wildman–Crippen LogP) is 5.15. The molecule has 130 valence electrons. The molecule has 0 aliphatic rings. The third-order valence-corrected chi connectivity index (χ3v) is 4.14. The first-order chi connectivity index (χ1) is 12.5. The highest BCUT2D eigenvalue weighted by Crippen LogP contribution is 2.20. The number of aryl methyl sites for hydroxylation is 1. The Morgan fingerprint density at radius 2 is 1.42 bits per heavy atom. The Morgan fingerprint density at radius 1 is 0.769 bits per heavy atom. The normalized spacial score (nSPS) is 10.2. The van der Waals surface area contributed by atoms with Crippen LogP contribution < -0.4 is 10.6 Å². The summed E-state index contributed by atoms with van der Waals surface area (Å²) in [4.78, 5) is 24.8. The Labute approximate surface area is 156 Å². The van der Waals surface area contributed by atoms with Gasteiger partial charge in [-0.2, -0.15) is 0 Å². The first-order valence-electron chi connectivity index (χ1n) is 8.07. The van der Waals surface area contributed by atoms with E-state index < -0.39 is 0 Å². The van der Waals surface area contributed by atoms with E-state index in [2.05, 4.69) is 10.6 Å². The summed E-state index contributed by atoms with van der Waals surface area (Å²) < 4.78 is 0. The van der Waals surface area contributed by atoms with Crippen molar-refractivity contribution < 1.29 is 9.59 Å². The highest BCUT2D eigenvalue weighted by molar-refractivity contribution is 6.30. The molecule has 0 radical (unpaired) electrons. The number of hydrogen-bond donors (Lipinski definition) is 2. The first kappa shape index (κ1) is 17.7. The summed E-state index contributed by atoms with van der Waals surface area (Å²) in [6.07, 6.45) is 0. The minimum atomic E-state index is -0.262. The van der Waals surface area contributed by atoms with Crippen LogP contribution in [-0.4, -0.2) is 11.8 Å². The van der Waals surface area contributed by atoms with Gasteiger partial charge in [0.2, 0.25) is 0 Å². The van der Waals surface area contributed by atoms with Gasteiger partial charge in [-0.15, -0.1) is 0 Å². The van der Waals surface area contributed by atoms with Gasteiger partial charge in [0.25, 0.3) is 11.8 Å². The van der Waals surface area contributed by atoms with Crippen molar-refractivity contribution in [1.82, 2.24) is 0 Å². The van der Waals surface area contributed by atoms with Gasteiger partial charge in [0, 0.05) is 27.5 Å². The molecule has 0 aliphatic carbocycles. The smallest absolute Gasteiger partial charge is 0.255 e. The zero-order valence-electron chi connectivity index (χ0n) is 14.1. The van der Waals surface area contributed by atoms with Crippen LogP contribution in [0.2, 0.25) is 5.02 Å². The lowest BCUT2D eigenvalue weighted by molar-refractivity contribution is 0.101. The Hall–Kier alpha value is -3.11. The first-order valence-corrected chi connectivity index (χ1v) is 8.45. The molecule has 0 saturated heterocycles. The van der Waals surface area contributed by atoms with Crippen LogP contribution in [0.5, 0.6) is 0 Å². The fourth-order valence-corrected chi connectivity index (χ4v) is 2.54. The zero-order chi connectivity index (χ0) is 18.5. The maximum atomic E-state index is 12.5. The minimum Gasteiger partial charge on any atom is -0.322 e. The number of carbonyl (C=O) groups excluding carboxylic acids is 2. The molecular weight excluding hydrogens is 348 g/mol. The molecule has 26 heavy (non-hydrogen) atoms. The molecule has 3 rings (SSSR count). The number of nitrogens with one attached hydrogen (secondary N) is 2. The predicted molar refractivity (Wildman–Crippen MR) is 105 cm³/mol. The van der Waals surface area contributed by atoms with Gasteiger partial charge < -0.3 is 10.6 Å². The SMILES string of the molecule is Cc1ccc(C(=O)Nc2ccc(Cl)cc2)cc1NC(=O)c1ccccc1. The molecule has 0 saturated carbocycles. The third kappa shape index (κ3) is 4.29. The van der Waals surface area contributed by atoms with Crippen molar-refractivity contribution in [2.45, 2.75) is 6.92 Å². The Kier molecular flexibility index (Phi) is 5.34. The molecule has 0 aromatic heterocycles. The van der Waals surface area contributed by atoms with Crippen molar-refractivity contribution in [3.8, 4) is 0 Å². The summed E-state index contributed by atoms with van der Waals surface area (Å²) in [5, 5.41) is 6.26. The molecule has 0 fully saturated rings. The van der Waals surface area contributed by atoms with Gasteiger partial charge in [0.15, 0.2) is 0 Å². The number of rotatable bonds is 4. The van der Waals surface area contributed by atoms with Gasteiger partial charge in [-0.1, -0.05) is 35.9 Å². The molecule has 0 aliphatic heterocycles. The second kappa shape index (κ2) is 7.85. The Balaban J connectivity index is 1.77. The van der Waals surface area contributed by atoms with Crippen LogP contribution in [0.1, 0.15) is 26.3 Å². The Morgan fingerprint density at radius 3 is 2.12 bits per heavy atom. The van der Waals surface area contributed by atoms with E-state index in [1.54, 1.807) is 66.7 Å². The molecule has 3 aromatic rings. The van der Waals surface area contributed by atoms with Crippen molar-refractivity contribution in [2.24, 2.45) is 0 Å². The third-order valence-electron chi connectivity index (χ3n) is 3.89. The average Bonchev–Trinajstić information content (AvgIpc) is 2.66. The Bertz CT molecular complexity index is 938. The second-order valence-electron chi connectivity index (χ2n) is 5.81. The second-order valence-corrected chi connectivity index (χ2v) is 6.25. The molecule has 0 spiro atoms. The van der Waals surface area contributed by atoms with E-state index in [4.69, 9.17) is 11.6 Å². The summed E-state index contributed by atoms with van der Waals surface area (Å²) in [6.45, 7) is 1.88. The van der Waals surface area contributed by atoms with Crippen LogP contribution >= 0.6 is 11.6 Å². The fraction of sp³-hybridized carbons (Fsp3) is 0.0476. The number of hydrogen-bond acceptors (Lipinski definition) is 2. The highest BCUT2D eigenvalue weighted by Gasteiger charge is 2.11. The minimum absolute atomic E-state index is 0.219. The van der Waals surface area contributed by atoms with E-state index in [1.165, 1.54) is 0 Å². The number of anilines is 2.